The Morgan fingerprint density at radius 1 is 1.15 bits per heavy atom. The molecular weight excluding hydrogens is 397 g/mol. The lowest BCUT2D eigenvalue weighted by molar-refractivity contribution is -0.274. The molecule has 0 atom stereocenters. The van der Waals surface area contributed by atoms with Crippen LogP contribution in [-0.2, 0) is 14.8 Å². The van der Waals surface area contributed by atoms with Crippen molar-refractivity contribution in [1.82, 2.24) is 0 Å². The Morgan fingerprint density at radius 3 is 2.42 bits per heavy atom. The van der Waals surface area contributed by atoms with Gasteiger partial charge in [-0.2, -0.15) is 0 Å². The third-order valence-electron chi connectivity index (χ3n) is 2.88. The quantitative estimate of drug-likeness (QED) is 0.783. The van der Waals surface area contributed by atoms with Gasteiger partial charge in [-0.25, -0.2) is 8.42 Å². The molecule has 2 aromatic rings. The standard InChI is InChI=1S/C15H12ClF3N2O4S/c1-9(22)20-14-6-5-10(7-13(14)16)21-26(23,24)12-4-2-3-11(8-12)25-15(17,18)19/h2-8,21H,1H3,(H,20,22). The fourth-order valence-electron chi connectivity index (χ4n) is 1.92. The van der Waals surface area contributed by atoms with Crippen LogP contribution in [0.4, 0.5) is 24.5 Å². The number of rotatable bonds is 5. The second-order valence-corrected chi connectivity index (χ2v) is 7.09. The van der Waals surface area contributed by atoms with Crippen LogP contribution in [0.2, 0.25) is 5.02 Å². The van der Waals surface area contributed by atoms with Crippen LogP contribution < -0.4 is 14.8 Å². The van der Waals surface area contributed by atoms with Crippen LogP contribution >= 0.6 is 11.6 Å². The minimum Gasteiger partial charge on any atom is -0.406 e. The highest BCUT2D eigenvalue weighted by atomic mass is 35.5. The van der Waals surface area contributed by atoms with Crippen LogP contribution in [-0.4, -0.2) is 20.7 Å². The highest BCUT2D eigenvalue weighted by molar-refractivity contribution is 7.92. The molecule has 0 aliphatic heterocycles. The first kappa shape index (κ1) is 19.9. The van der Waals surface area contributed by atoms with Crippen LogP contribution in [0.1, 0.15) is 6.92 Å². The fraction of sp³-hybridized carbons (Fsp3) is 0.133. The van der Waals surface area contributed by atoms with Crippen molar-refractivity contribution in [3.8, 4) is 5.75 Å². The fourth-order valence-corrected chi connectivity index (χ4v) is 3.23. The van der Waals surface area contributed by atoms with E-state index in [-0.39, 0.29) is 22.3 Å². The highest BCUT2D eigenvalue weighted by Crippen LogP contribution is 2.28. The number of amides is 1. The van der Waals surface area contributed by atoms with Gasteiger partial charge in [-0.05, 0) is 30.3 Å². The molecule has 2 aromatic carbocycles. The zero-order valence-electron chi connectivity index (χ0n) is 13.1. The van der Waals surface area contributed by atoms with E-state index in [0.29, 0.717) is 0 Å². The van der Waals surface area contributed by atoms with Gasteiger partial charge in [0.15, 0.2) is 0 Å². The number of benzene rings is 2. The first-order valence-electron chi connectivity index (χ1n) is 6.92. The number of carbonyl (C=O) groups excluding carboxylic acids is 1. The van der Waals surface area contributed by atoms with Crippen molar-refractivity contribution in [2.75, 3.05) is 10.0 Å². The molecule has 0 saturated heterocycles. The second-order valence-electron chi connectivity index (χ2n) is 5.00. The first-order chi connectivity index (χ1) is 12.0. The molecule has 0 fully saturated rings. The zero-order chi connectivity index (χ0) is 19.5. The summed E-state index contributed by atoms with van der Waals surface area (Å²) in [7, 11) is -4.19. The SMILES string of the molecule is CC(=O)Nc1ccc(NS(=O)(=O)c2cccc(OC(F)(F)F)c2)cc1Cl. The normalized spacial score (nSPS) is 11.7. The maximum Gasteiger partial charge on any atom is 0.573 e. The Kier molecular flexibility index (Phi) is 5.67. The first-order valence-corrected chi connectivity index (χ1v) is 8.78. The van der Waals surface area contributed by atoms with Crippen molar-refractivity contribution >= 4 is 38.9 Å². The minimum atomic E-state index is -4.94. The number of halogens is 4. The number of hydrogen-bond donors (Lipinski definition) is 2. The summed E-state index contributed by atoms with van der Waals surface area (Å²) in [5.41, 5.74) is 0.342. The molecule has 0 aromatic heterocycles. The van der Waals surface area contributed by atoms with Gasteiger partial charge < -0.3 is 10.1 Å². The van der Waals surface area contributed by atoms with Gasteiger partial charge >= 0.3 is 6.36 Å². The van der Waals surface area contributed by atoms with Crippen molar-refractivity contribution in [2.45, 2.75) is 18.2 Å². The van der Waals surface area contributed by atoms with Crippen LogP contribution in [0.25, 0.3) is 0 Å². The van der Waals surface area contributed by atoms with Crippen molar-refractivity contribution in [2.24, 2.45) is 0 Å². The summed E-state index contributed by atoms with van der Waals surface area (Å²) in [5, 5.41) is 2.53. The van der Waals surface area contributed by atoms with Crippen molar-refractivity contribution in [3.05, 3.63) is 47.5 Å². The molecule has 0 aliphatic rings. The van der Waals surface area contributed by atoms with E-state index in [0.717, 1.165) is 24.3 Å². The van der Waals surface area contributed by atoms with Crippen LogP contribution in [0.15, 0.2) is 47.4 Å². The van der Waals surface area contributed by atoms with Gasteiger partial charge in [-0.3, -0.25) is 9.52 Å². The number of nitrogens with one attached hydrogen (secondary N) is 2. The van der Waals surface area contributed by atoms with E-state index in [1.54, 1.807) is 0 Å². The number of hydrogen-bond acceptors (Lipinski definition) is 4. The second kappa shape index (κ2) is 7.42. The lowest BCUT2D eigenvalue weighted by atomic mass is 10.3. The summed E-state index contributed by atoms with van der Waals surface area (Å²) in [6, 6.07) is 7.91. The number of ether oxygens (including phenoxy) is 1. The highest BCUT2D eigenvalue weighted by Gasteiger charge is 2.31. The third kappa shape index (κ3) is 5.53. The van der Waals surface area contributed by atoms with Crippen LogP contribution in [0.3, 0.4) is 0 Å². The average molecular weight is 409 g/mol. The largest absolute Gasteiger partial charge is 0.573 e. The van der Waals surface area contributed by atoms with Crippen LogP contribution in [0, 0.1) is 0 Å². The molecule has 0 aliphatic carbocycles. The molecular formula is C15H12ClF3N2O4S. The molecule has 2 rings (SSSR count). The molecule has 140 valence electrons. The number of sulfonamides is 1. The summed E-state index contributed by atoms with van der Waals surface area (Å²) >= 11 is 5.95. The molecule has 6 nitrogen and oxygen atoms in total. The predicted octanol–water partition coefficient (Wildman–Crippen LogP) is 4.00. The summed E-state index contributed by atoms with van der Waals surface area (Å²) in [5.74, 6) is -1.03. The molecule has 0 radical (unpaired) electrons. The molecule has 11 heteroatoms. The Labute approximate surface area is 152 Å². The molecule has 0 unspecified atom stereocenters. The molecule has 1 amide bonds. The van der Waals surface area contributed by atoms with Gasteiger partial charge in [0.05, 0.1) is 21.3 Å². The third-order valence-corrected chi connectivity index (χ3v) is 4.57. The lowest BCUT2D eigenvalue weighted by Crippen LogP contribution is -2.18. The van der Waals surface area contributed by atoms with E-state index in [1.165, 1.54) is 25.1 Å². The van der Waals surface area contributed by atoms with Crippen LogP contribution in [0.5, 0.6) is 5.75 Å². The van der Waals surface area contributed by atoms with Crippen molar-refractivity contribution in [1.29, 1.82) is 0 Å². The predicted molar refractivity (Wildman–Crippen MR) is 89.7 cm³/mol. The summed E-state index contributed by atoms with van der Waals surface area (Å²) < 4.78 is 67.3. The van der Waals surface area contributed by atoms with Gasteiger partial charge in [0, 0.05) is 13.0 Å². The topological polar surface area (TPSA) is 84.5 Å². The Balaban J connectivity index is 2.25. The summed E-state index contributed by atoms with van der Waals surface area (Å²) in [6.07, 6.45) is -4.94. The molecule has 0 bridgehead atoms. The van der Waals surface area contributed by atoms with Gasteiger partial charge in [-0.15, -0.1) is 13.2 Å². The average Bonchev–Trinajstić information content (AvgIpc) is 2.48. The van der Waals surface area contributed by atoms with Crippen molar-refractivity contribution in [3.63, 3.8) is 0 Å². The number of carbonyl (C=O) groups is 1. The Hall–Kier alpha value is -2.46. The zero-order valence-corrected chi connectivity index (χ0v) is 14.7. The van der Waals surface area contributed by atoms with Gasteiger partial charge in [0.25, 0.3) is 10.0 Å². The van der Waals surface area contributed by atoms with E-state index in [9.17, 15) is 26.4 Å². The molecule has 0 spiro atoms. The smallest absolute Gasteiger partial charge is 0.406 e. The van der Waals surface area contributed by atoms with E-state index >= 15 is 0 Å². The maximum absolute atomic E-state index is 12.3. The van der Waals surface area contributed by atoms with E-state index in [2.05, 4.69) is 14.8 Å². The molecule has 0 saturated carbocycles. The van der Waals surface area contributed by atoms with Gasteiger partial charge in [-0.1, -0.05) is 17.7 Å². The number of anilines is 2. The van der Waals surface area contributed by atoms with E-state index in [4.69, 9.17) is 11.6 Å². The molecule has 2 N–H and O–H groups in total. The van der Waals surface area contributed by atoms with E-state index in [1.807, 2.05) is 0 Å². The lowest BCUT2D eigenvalue weighted by Gasteiger charge is -2.12. The Bertz CT molecular complexity index is 933. The monoisotopic (exact) mass is 408 g/mol. The Morgan fingerprint density at radius 2 is 1.85 bits per heavy atom. The molecule has 0 heterocycles. The molecule has 26 heavy (non-hydrogen) atoms. The van der Waals surface area contributed by atoms with E-state index < -0.39 is 27.0 Å². The minimum absolute atomic E-state index is 0.0613. The number of alkyl halides is 3. The maximum atomic E-state index is 12.3. The van der Waals surface area contributed by atoms with Gasteiger partial charge in [0.1, 0.15) is 5.75 Å². The van der Waals surface area contributed by atoms with Crippen molar-refractivity contribution < 1.29 is 31.1 Å². The summed E-state index contributed by atoms with van der Waals surface area (Å²) in [6.45, 7) is 1.28. The summed E-state index contributed by atoms with van der Waals surface area (Å²) in [4.78, 5) is 10.6. The van der Waals surface area contributed by atoms with Gasteiger partial charge in [0.2, 0.25) is 5.91 Å².